The Hall–Kier alpha value is -2.15. The molecule has 0 saturated carbocycles. The van der Waals surface area contributed by atoms with Crippen LogP contribution in [-0.2, 0) is 14.4 Å². The molecular weight excluding hydrogens is 351 g/mol. The van der Waals surface area contributed by atoms with E-state index in [0.717, 1.165) is 6.07 Å². The lowest BCUT2D eigenvalue weighted by molar-refractivity contribution is -0.142. The van der Waals surface area contributed by atoms with Crippen LogP contribution in [0.15, 0.2) is 18.2 Å². The molecule has 0 spiro atoms. The van der Waals surface area contributed by atoms with Crippen LogP contribution < -0.4 is 10.2 Å². The van der Waals surface area contributed by atoms with Crippen molar-refractivity contribution in [3.05, 3.63) is 29.0 Å². The molecule has 1 aliphatic rings. The van der Waals surface area contributed by atoms with Gasteiger partial charge in [0.2, 0.25) is 11.8 Å². The third kappa shape index (κ3) is 4.69. The third-order valence-corrected chi connectivity index (χ3v) is 4.53. The minimum atomic E-state index is -0.956. The Balaban J connectivity index is 1.98. The standard InChI is InChI=1S/C17H20ClFN2O4/c1-2-3-10(17(24)25)8-20-16(23)11-6-15(22)21(9-11)12-4-5-13(18)14(19)7-12/h4-5,7,10-11H,2-3,6,8-9H2,1H3,(H,20,23)(H,24,25). The Bertz CT molecular complexity index is 683. The molecule has 2 amide bonds. The van der Waals surface area contributed by atoms with Gasteiger partial charge in [0.15, 0.2) is 0 Å². The number of halogens is 2. The van der Waals surface area contributed by atoms with Crippen molar-refractivity contribution in [2.24, 2.45) is 11.8 Å². The van der Waals surface area contributed by atoms with Gasteiger partial charge in [-0.3, -0.25) is 14.4 Å². The Labute approximate surface area is 149 Å². The van der Waals surface area contributed by atoms with Gasteiger partial charge < -0.3 is 15.3 Å². The minimum absolute atomic E-state index is 0.00158. The first kappa shape index (κ1) is 19.2. The van der Waals surface area contributed by atoms with Crippen LogP contribution in [-0.4, -0.2) is 36.0 Å². The Kier molecular flexibility index (Phi) is 6.36. The van der Waals surface area contributed by atoms with Crippen molar-refractivity contribution in [3.63, 3.8) is 0 Å². The summed E-state index contributed by atoms with van der Waals surface area (Å²) >= 11 is 5.63. The fraction of sp³-hybridized carbons (Fsp3) is 0.471. The van der Waals surface area contributed by atoms with E-state index in [9.17, 15) is 18.8 Å². The zero-order valence-corrected chi connectivity index (χ0v) is 14.6. The Morgan fingerprint density at radius 3 is 2.80 bits per heavy atom. The number of nitrogens with one attached hydrogen (secondary N) is 1. The van der Waals surface area contributed by atoms with Crippen molar-refractivity contribution in [2.45, 2.75) is 26.2 Å². The van der Waals surface area contributed by atoms with E-state index in [0.29, 0.717) is 18.5 Å². The molecule has 2 unspecified atom stereocenters. The summed E-state index contributed by atoms with van der Waals surface area (Å²) in [4.78, 5) is 36.8. The van der Waals surface area contributed by atoms with Crippen LogP contribution in [0.2, 0.25) is 5.02 Å². The van der Waals surface area contributed by atoms with Crippen LogP contribution in [0.5, 0.6) is 0 Å². The van der Waals surface area contributed by atoms with Gasteiger partial charge in [-0.05, 0) is 24.6 Å². The number of hydrogen-bond acceptors (Lipinski definition) is 3. The lowest BCUT2D eigenvalue weighted by atomic mass is 10.0. The molecule has 0 bridgehead atoms. The van der Waals surface area contributed by atoms with Crippen molar-refractivity contribution in [1.82, 2.24) is 5.32 Å². The normalized spacial score (nSPS) is 18.3. The van der Waals surface area contributed by atoms with Gasteiger partial charge in [-0.2, -0.15) is 0 Å². The molecular formula is C17H20ClFN2O4. The number of carboxylic acids is 1. The number of benzene rings is 1. The average Bonchev–Trinajstić information content (AvgIpc) is 2.95. The first-order valence-corrected chi connectivity index (χ1v) is 8.47. The maximum absolute atomic E-state index is 13.6. The van der Waals surface area contributed by atoms with Gasteiger partial charge in [-0.15, -0.1) is 0 Å². The van der Waals surface area contributed by atoms with E-state index >= 15 is 0 Å². The highest BCUT2D eigenvalue weighted by Gasteiger charge is 2.35. The summed E-state index contributed by atoms with van der Waals surface area (Å²) in [5, 5.41) is 11.7. The van der Waals surface area contributed by atoms with Crippen LogP contribution in [0.3, 0.4) is 0 Å². The summed E-state index contributed by atoms with van der Waals surface area (Å²) in [5.41, 5.74) is 0.344. The summed E-state index contributed by atoms with van der Waals surface area (Å²) in [6.07, 6.45) is 1.17. The maximum Gasteiger partial charge on any atom is 0.308 e. The SMILES string of the molecule is CCCC(CNC(=O)C1CC(=O)N(c2ccc(Cl)c(F)c2)C1)C(=O)O. The van der Waals surface area contributed by atoms with Gasteiger partial charge in [0.05, 0.1) is 16.9 Å². The number of amides is 2. The summed E-state index contributed by atoms with van der Waals surface area (Å²) in [6.45, 7) is 2.02. The van der Waals surface area contributed by atoms with Crippen molar-refractivity contribution in [3.8, 4) is 0 Å². The highest BCUT2D eigenvalue weighted by Crippen LogP contribution is 2.28. The smallest absolute Gasteiger partial charge is 0.308 e. The number of hydrogen-bond donors (Lipinski definition) is 2. The van der Waals surface area contributed by atoms with Crippen LogP contribution in [0.4, 0.5) is 10.1 Å². The molecule has 0 radical (unpaired) electrons. The van der Waals surface area contributed by atoms with Crippen molar-refractivity contribution >= 4 is 35.1 Å². The predicted molar refractivity (Wildman–Crippen MR) is 90.9 cm³/mol. The van der Waals surface area contributed by atoms with Gasteiger partial charge in [-0.1, -0.05) is 24.9 Å². The molecule has 2 N–H and O–H groups in total. The molecule has 2 rings (SSSR count). The number of carbonyl (C=O) groups is 3. The Morgan fingerprint density at radius 1 is 1.48 bits per heavy atom. The third-order valence-electron chi connectivity index (χ3n) is 4.22. The van der Waals surface area contributed by atoms with E-state index in [1.54, 1.807) is 0 Å². The monoisotopic (exact) mass is 370 g/mol. The quantitative estimate of drug-likeness (QED) is 0.771. The number of aliphatic carboxylic acids is 1. The van der Waals surface area contributed by atoms with Gasteiger partial charge in [-0.25, -0.2) is 4.39 Å². The maximum atomic E-state index is 13.6. The fourth-order valence-electron chi connectivity index (χ4n) is 2.82. The summed E-state index contributed by atoms with van der Waals surface area (Å²) in [6, 6.07) is 4.03. The van der Waals surface area contributed by atoms with Gasteiger partial charge in [0.25, 0.3) is 0 Å². The summed E-state index contributed by atoms with van der Waals surface area (Å²) in [5.74, 6) is -3.49. The van der Waals surface area contributed by atoms with Crippen molar-refractivity contribution < 1.29 is 23.9 Å². The second-order valence-electron chi connectivity index (χ2n) is 6.07. The predicted octanol–water partition coefficient (Wildman–Crippen LogP) is 2.45. The highest BCUT2D eigenvalue weighted by molar-refractivity contribution is 6.30. The largest absolute Gasteiger partial charge is 0.481 e. The zero-order valence-electron chi connectivity index (χ0n) is 13.8. The molecule has 1 fully saturated rings. The molecule has 0 aromatic heterocycles. The van der Waals surface area contributed by atoms with Gasteiger partial charge in [0, 0.05) is 25.2 Å². The molecule has 25 heavy (non-hydrogen) atoms. The van der Waals surface area contributed by atoms with Gasteiger partial charge >= 0.3 is 5.97 Å². The molecule has 1 aromatic carbocycles. The second-order valence-corrected chi connectivity index (χ2v) is 6.48. The molecule has 1 heterocycles. The first-order chi connectivity index (χ1) is 11.8. The van der Waals surface area contributed by atoms with Gasteiger partial charge in [0.1, 0.15) is 5.82 Å². The molecule has 2 atom stereocenters. The van der Waals surface area contributed by atoms with E-state index in [2.05, 4.69) is 5.32 Å². The lowest BCUT2D eigenvalue weighted by Crippen LogP contribution is -2.37. The van der Waals surface area contributed by atoms with E-state index in [1.807, 2.05) is 6.92 Å². The second kappa shape index (κ2) is 8.29. The molecule has 1 aromatic rings. The zero-order chi connectivity index (χ0) is 18.6. The molecule has 1 aliphatic heterocycles. The van der Waals surface area contributed by atoms with E-state index in [1.165, 1.54) is 17.0 Å². The lowest BCUT2D eigenvalue weighted by Gasteiger charge is -2.18. The van der Waals surface area contributed by atoms with E-state index in [4.69, 9.17) is 16.7 Å². The summed E-state index contributed by atoms with van der Waals surface area (Å²) < 4.78 is 13.6. The highest BCUT2D eigenvalue weighted by atomic mass is 35.5. The number of nitrogens with zero attached hydrogens (tertiary/aromatic N) is 1. The van der Waals surface area contributed by atoms with Crippen molar-refractivity contribution in [2.75, 3.05) is 18.0 Å². The summed E-state index contributed by atoms with van der Waals surface area (Å²) in [7, 11) is 0. The molecule has 8 heteroatoms. The van der Waals surface area contributed by atoms with Crippen LogP contribution in [0.25, 0.3) is 0 Å². The fourth-order valence-corrected chi connectivity index (χ4v) is 2.93. The number of anilines is 1. The Morgan fingerprint density at radius 2 is 2.20 bits per heavy atom. The number of carboxylic acid groups (broad SMARTS) is 1. The molecule has 0 aliphatic carbocycles. The molecule has 6 nitrogen and oxygen atoms in total. The van der Waals surface area contributed by atoms with Crippen LogP contribution in [0, 0.1) is 17.7 Å². The molecule has 1 saturated heterocycles. The van der Waals surface area contributed by atoms with E-state index < -0.39 is 23.6 Å². The van der Waals surface area contributed by atoms with Crippen LogP contribution >= 0.6 is 11.6 Å². The van der Waals surface area contributed by atoms with E-state index in [-0.39, 0.29) is 36.3 Å². The van der Waals surface area contributed by atoms with Crippen molar-refractivity contribution in [1.29, 1.82) is 0 Å². The number of carbonyl (C=O) groups excluding carboxylic acids is 2. The number of rotatable bonds is 7. The van der Waals surface area contributed by atoms with Crippen LogP contribution in [0.1, 0.15) is 26.2 Å². The topological polar surface area (TPSA) is 86.7 Å². The molecule has 136 valence electrons. The first-order valence-electron chi connectivity index (χ1n) is 8.09. The minimum Gasteiger partial charge on any atom is -0.481 e. The average molecular weight is 371 g/mol.